The molecule has 0 aromatic rings. The first-order valence-corrected chi connectivity index (χ1v) is 7.43. The number of amides is 1. The van der Waals surface area contributed by atoms with Crippen molar-refractivity contribution in [3.8, 4) is 0 Å². The molecular weight excluding hydrogens is 305 g/mol. The Hall–Kier alpha value is -0.490. The number of hydrogen-bond donors (Lipinski definition) is 1. The van der Waals surface area contributed by atoms with Gasteiger partial charge in [-0.25, -0.2) is 0 Å². The van der Waals surface area contributed by atoms with Gasteiger partial charge >= 0.3 is 6.18 Å². The summed E-state index contributed by atoms with van der Waals surface area (Å²) in [6.45, 7) is 2.02. The second kappa shape index (κ2) is 7.68. The predicted molar refractivity (Wildman–Crippen MR) is 77.4 cm³/mol. The smallest absolute Gasteiger partial charge is 0.342 e. The Labute approximate surface area is 130 Å². The van der Waals surface area contributed by atoms with Crippen molar-refractivity contribution in [2.24, 2.45) is 17.8 Å². The summed E-state index contributed by atoms with van der Waals surface area (Å²) in [5.74, 6) is -2.19. The number of nitrogens with zero attached hydrogens (tertiary/aromatic N) is 1. The first-order valence-electron chi connectivity index (χ1n) is 7.43. The van der Waals surface area contributed by atoms with E-state index in [1.165, 1.54) is 0 Å². The quantitative estimate of drug-likeness (QED) is 0.864. The zero-order valence-corrected chi connectivity index (χ0v) is 13.1. The molecule has 3 atom stereocenters. The van der Waals surface area contributed by atoms with Crippen molar-refractivity contribution in [1.29, 1.82) is 0 Å². The summed E-state index contributed by atoms with van der Waals surface area (Å²) in [6, 6.07) is 0. The molecular formula is C14H24ClF3N2O. The molecule has 1 saturated carbocycles. The van der Waals surface area contributed by atoms with E-state index in [1.807, 2.05) is 7.05 Å². The Morgan fingerprint density at radius 1 is 1.24 bits per heavy atom. The van der Waals surface area contributed by atoms with Crippen LogP contribution in [0.5, 0.6) is 0 Å². The Bertz CT molecular complexity index is 352. The van der Waals surface area contributed by atoms with Gasteiger partial charge in [-0.3, -0.25) is 4.79 Å². The highest BCUT2D eigenvalue weighted by Gasteiger charge is 2.49. The van der Waals surface area contributed by atoms with Crippen molar-refractivity contribution in [1.82, 2.24) is 10.2 Å². The van der Waals surface area contributed by atoms with Gasteiger partial charge in [0.05, 0.1) is 5.92 Å². The van der Waals surface area contributed by atoms with Crippen LogP contribution in [0.4, 0.5) is 13.2 Å². The first-order chi connectivity index (χ1) is 9.43. The van der Waals surface area contributed by atoms with Gasteiger partial charge in [0.1, 0.15) is 0 Å². The van der Waals surface area contributed by atoms with Crippen LogP contribution in [0.25, 0.3) is 0 Å². The lowest BCUT2D eigenvalue weighted by Crippen LogP contribution is -2.44. The van der Waals surface area contributed by atoms with Gasteiger partial charge in [0.25, 0.3) is 0 Å². The Balaban J connectivity index is 0.00000220. The van der Waals surface area contributed by atoms with Gasteiger partial charge in [0.2, 0.25) is 5.91 Å². The third-order valence-electron chi connectivity index (χ3n) is 4.59. The van der Waals surface area contributed by atoms with Crippen molar-refractivity contribution >= 4 is 18.3 Å². The molecule has 0 aromatic heterocycles. The summed E-state index contributed by atoms with van der Waals surface area (Å²) in [4.78, 5) is 14.1. The van der Waals surface area contributed by atoms with E-state index in [9.17, 15) is 18.0 Å². The molecule has 1 N–H and O–H groups in total. The fraction of sp³-hybridized carbons (Fsp3) is 0.929. The molecule has 0 bridgehead atoms. The molecule has 1 amide bonds. The first kappa shape index (κ1) is 18.6. The number of halogens is 4. The minimum Gasteiger partial charge on any atom is -0.342 e. The highest BCUT2D eigenvalue weighted by Crippen LogP contribution is 2.42. The highest BCUT2D eigenvalue weighted by atomic mass is 35.5. The molecule has 21 heavy (non-hydrogen) atoms. The number of rotatable bonds is 3. The minimum absolute atomic E-state index is 0. The van der Waals surface area contributed by atoms with E-state index in [0.29, 0.717) is 31.8 Å². The molecule has 2 fully saturated rings. The molecule has 0 aromatic carbocycles. The topological polar surface area (TPSA) is 32.3 Å². The molecule has 0 spiro atoms. The lowest BCUT2D eigenvalue weighted by molar-refractivity contribution is -0.200. The molecule has 7 heteroatoms. The lowest BCUT2D eigenvalue weighted by atomic mass is 9.78. The molecule has 2 rings (SSSR count). The summed E-state index contributed by atoms with van der Waals surface area (Å²) < 4.78 is 39.2. The third-order valence-corrected chi connectivity index (χ3v) is 4.59. The zero-order valence-electron chi connectivity index (χ0n) is 12.3. The van der Waals surface area contributed by atoms with Crippen LogP contribution in [0.15, 0.2) is 0 Å². The molecule has 1 aliphatic carbocycles. The summed E-state index contributed by atoms with van der Waals surface area (Å²) in [5.41, 5.74) is 0. The fourth-order valence-corrected chi connectivity index (χ4v) is 3.54. The second-order valence-electron chi connectivity index (χ2n) is 6.04. The van der Waals surface area contributed by atoms with Gasteiger partial charge in [-0.15, -0.1) is 12.4 Å². The average Bonchev–Trinajstić information content (AvgIpc) is 2.86. The normalized spacial score (nSPS) is 30.1. The van der Waals surface area contributed by atoms with Gasteiger partial charge < -0.3 is 10.2 Å². The maximum absolute atomic E-state index is 13.1. The maximum atomic E-state index is 13.1. The van der Waals surface area contributed by atoms with Crippen molar-refractivity contribution in [2.45, 2.75) is 38.3 Å². The van der Waals surface area contributed by atoms with E-state index in [2.05, 4.69) is 5.32 Å². The molecule has 3 nitrogen and oxygen atoms in total. The van der Waals surface area contributed by atoms with Crippen LogP contribution in [0.3, 0.4) is 0 Å². The highest BCUT2D eigenvalue weighted by molar-refractivity contribution is 5.85. The van der Waals surface area contributed by atoms with Crippen LogP contribution in [0, 0.1) is 17.8 Å². The summed E-state index contributed by atoms with van der Waals surface area (Å²) >= 11 is 0. The number of carbonyl (C=O) groups excluding carboxylic acids is 1. The van der Waals surface area contributed by atoms with Crippen LogP contribution < -0.4 is 5.32 Å². The van der Waals surface area contributed by atoms with Crippen molar-refractivity contribution in [3.63, 3.8) is 0 Å². The summed E-state index contributed by atoms with van der Waals surface area (Å²) in [7, 11) is 1.85. The molecule has 3 unspecified atom stereocenters. The summed E-state index contributed by atoms with van der Waals surface area (Å²) in [6.07, 6.45) is -1.56. The molecule has 1 saturated heterocycles. The van der Waals surface area contributed by atoms with E-state index >= 15 is 0 Å². The number of nitrogens with one attached hydrogen (secondary N) is 1. The van der Waals surface area contributed by atoms with Gasteiger partial charge in [-0.2, -0.15) is 13.2 Å². The van der Waals surface area contributed by atoms with Gasteiger partial charge in [-0.05, 0) is 38.8 Å². The van der Waals surface area contributed by atoms with Crippen molar-refractivity contribution < 1.29 is 18.0 Å². The monoisotopic (exact) mass is 328 g/mol. The molecule has 1 heterocycles. The molecule has 0 radical (unpaired) electrons. The van der Waals surface area contributed by atoms with E-state index in [-0.39, 0.29) is 24.7 Å². The van der Waals surface area contributed by atoms with E-state index in [4.69, 9.17) is 0 Å². The average molecular weight is 329 g/mol. The number of hydrogen-bond acceptors (Lipinski definition) is 2. The SMILES string of the molecule is CNCC1CCN(C(=O)C2CCCCC2C(F)(F)F)C1.Cl. The Morgan fingerprint density at radius 3 is 2.52 bits per heavy atom. The molecule has 124 valence electrons. The lowest BCUT2D eigenvalue weighted by Gasteiger charge is -2.34. The maximum Gasteiger partial charge on any atom is 0.392 e. The van der Waals surface area contributed by atoms with E-state index in [1.54, 1.807) is 4.90 Å². The van der Waals surface area contributed by atoms with Crippen LogP contribution in [-0.2, 0) is 4.79 Å². The Morgan fingerprint density at radius 2 is 1.90 bits per heavy atom. The third kappa shape index (κ3) is 4.49. The van der Waals surface area contributed by atoms with Crippen molar-refractivity contribution in [2.75, 3.05) is 26.7 Å². The second-order valence-corrected chi connectivity index (χ2v) is 6.04. The predicted octanol–water partition coefficient (Wildman–Crippen LogP) is 2.84. The summed E-state index contributed by atoms with van der Waals surface area (Å²) in [5, 5.41) is 3.06. The standard InChI is InChI=1S/C14H23F3N2O.ClH/c1-18-8-10-6-7-19(9-10)13(20)11-4-2-3-5-12(11)14(15,16)17;/h10-12,18H,2-9H2,1H3;1H. The van der Waals surface area contributed by atoms with Crippen LogP contribution in [0.1, 0.15) is 32.1 Å². The number of carbonyl (C=O) groups is 1. The van der Waals surface area contributed by atoms with E-state index in [0.717, 1.165) is 19.4 Å². The van der Waals surface area contributed by atoms with Crippen LogP contribution in [0.2, 0.25) is 0 Å². The number of alkyl halides is 3. The number of likely N-dealkylation sites (tertiary alicyclic amines) is 1. The molecule has 1 aliphatic heterocycles. The largest absolute Gasteiger partial charge is 0.392 e. The zero-order chi connectivity index (χ0) is 14.8. The fourth-order valence-electron chi connectivity index (χ4n) is 3.54. The van der Waals surface area contributed by atoms with Gasteiger partial charge in [0, 0.05) is 19.0 Å². The van der Waals surface area contributed by atoms with E-state index < -0.39 is 18.0 Å². The van der Waals surface area contributed by atoms with Crippen LogP contribution >= 0.6 is 12.4 Å². The van der Waals surface area contributed by atoms with Crippen LogP contribution in [-0.4, -0.2) is 43.7 Å². The molecule has 2 aliphatic rings. The minimum atomic E-state index is -4.25. The van der Waals surface area contributed by atoms with Crippen molar-refractivity contribution in [3.05, 3.63) is 0 Å². The van der Waals surface area contributed by atoms with Gasteiger partial charge in [0.15, 0.2) is 0 Å². The Kier molecular flexibility index (Phi) is 6.78. The van der Waals surface area contributed by atoms with Gasteiger partial charge in [-0.1, -0.05) is 12.8 Å².